The van der Waals surface area contributed by atoms with Crippen molar-refractivity contribution in [3.8, 4) is 45.3 Å². The average molecular weight is 412 g/mol. The van der Waals surface area contributed by atoms with Gasteiger partial charge in [-0.1, -0.05) is 24.3 Å². The van der Waals surface area contributed by atoms with Gasteiger partial charge in [0.15, 0.2) is 23.0 Å². The zero-order valence-corrected chi connectivity index (χ0v) is 16.0. The van der Waals surface area contributed by atoms with Crippen molar-refractivity contribution in [3.05, 3.63) is 83.0 Å². The lowest BCUT2D eigenvalue weighted by Crippen LogP contribution is -2.02. The molecule has 6 heteroatoms. The van der Waals surface area contributed by atoms with E-state index in [2.05, 4.69) is 0 Å². The fraction of sp³-hybridized carbons (Fsp3) is 0. The van der Waals surface area contributed by atoms with Crippen molar-refractivity contribution in [2.24, 2.45) is 0 Å². The van der Waals surface area contributed by atoms with Crippen molar-refractivity contribution in [1.29, 1.82) is 0 Å². The van der Waals surface area contributed by atoms with Gasteiger partial charge in [-0.25, -0.2) is 0 Å². The standard InChI is InChI=1S/C25H16O6/c26-19-7-5-13(9-21(19)28)16-11-18-24(31-23-4-2-1-3-15(23)25(18)30)12-17(16)14-6-8-20(27)22(29)10-14/h1-12,26-29H. The van der Waals surface area contributed by atoms with E-state index in [-0.39, 0.29) is 28.4 Å². The zero-order valence-electron chi connectivity index (χ0n) is 16.0. The monoisotopic (exact) mass is 412 g/mol. The first-order valence-electron chi connectivity index (χ1n) is 9.46. The molecule has 0 atom stereocenters. The molecule has 5 rings (SSSR count). The summed E-state index contributed by atoms with van der Waals surface area (Å²) in [6.07, 6.45) is 0. The topological polar surface area (TPSA) is 111 Å². The summed E-state index contributed by atoms with van der Waals surface area (Å²) >= 11 is 0. The van der Waals surface area contributed by atoms with Crippen molar-refractivity contribution in [2.75, 3.05) is 0 Å². The predicted octanol–water partition coefficient (Wildman–Crippen LogP) is 5.10. The minimum Gasteiger partial charge on any atom is -0.504 e. The molecule has 0 saturated heterocycles. The molecular weight excluding hydrogens is 396 g/mol. The van der Waals surface area contributed by atoms with Gasteiger partial charge >= 0.3 is 0 Å². The molecule has 152 valence electrons. The summed E-state index contributed by atoms with van der Waals surface area (Å²) in [5.41, 5.74) is 2.92. The number of hydrogen-bond donors (Lipinski definition) is 4. The summed E-state index contributed by atoms with van der Waals surface area (Å²) in [4.78, 5) is 13.1. The fourth-order valence-corrected chi connectivity index (χ4v) is 3.71. The molecule has 0 fully saturated rings. The lowest BCUT2D eigenvalue weighted by Gasteiger charge is -2.14. The maximum atomic E-state index is 13.1. The molecular formula is C25H16O6. The van der Waals surface area contributed by atoms with Crippen LogP contribution in [0.5, 0.6) is 23.0 Å². The number of aromatic hydroxyl groups is 4. The molecule has 0 aliphatic carbocycles. The highest BCUT2D eigenvalue weighted by molar-refractivity contribution is 5.98. The summed E-state index contributed by atoms with van der Waals surface area (Å²) in [6.45, 7) is 0. The molecule has 31 heavy (non-hydrogen) atoms. The van der Waals surface area contributed by atoms with Crippen molar-refractivity contribution in [2.45, 2.75) is 0 Å². The van der Waals surface area contributed by atoms with Crippen molar-refractivity contribution in [1.82, 2.24) is 0 Å². The molecule has 0 radical (unpaired) electrons. The third-order valence-electron chi connectivity index (χ3n) is 5.29. The molecule has 1 aromatic heterocycles. The highest BCUT2D eigenvalue weighted by atomic mass is 16.3. The Morgan fingerprint density at radius 1 is 0.548 bits per heavy atom. The summed E-state index contributed by atoms with van der Waals surface area (Å²) in [5.74, 6) is -1.12. The Morgan fingerprint density at radius 3 is 1.74 bits per heavy atom. The number of phenols is 4. The van der Waals surface area contributed by atoms with Crippen LogP contribution in [0.1, 0.15) is 0 Å². The molecule has 0 spiro atoms. The third kappa shape index (κ3) is 3.02. The van der Waals surface area contributed by atoms with E-state index < -0.39 is 0 Å². The Labute approximate surface area is 175 Å². The van der Waals surface area contributed by atoms with Gasteiger partial charge in [0.1, 0.15) is 11.2 Å². The van der Waals surface area contributed by atoms with E-state index in [9.17, 15) is 25.2 Å². The summed E-state index contributed by atoms with van der Waals surface area (Å²) in [6, 6.07) is 19.1. The first-order chi connectivity index (χ1) is 14.9. The average Bonchev–Trinajstić information content (AvgIpc) is 2.77. The number of para-hydroxylation sites is 1. The molecule has 1 heterocycles. The molecule has 0 saturated carbocycles. The minimum atomic E-state index is -0.303. The van der Waals surface area contributed by atoms with Crippen LogP contribution >= 0.6 is 0 Å². The third-order valence-corrected chi connectivity index (χ3v) is 5.29. The normalized spacial score (nSPS) is 11.2. The van der Waals surface area contributed by atoms with Crippen LogP contribution in [0, 0.1) is 0 Å². The second-order valence-electron chi connectivity index (χ2n) is 7.23. The molecule has 0 unspecified atom stereocenters. The lowest BCUT2D eigenvalue weighted by molar-refractivity contribution is 0.404. The van der Waals surface area contributed by atoms with Crippen molar-refractivity contribution >= 4 is 21.9 Å². The van der Waals surface area contributed by atoms with Gasteiger partial charge in [0.05, 0.1) is 10.8 Å². The fourth-order valence-electron chi connectivity index (χ4n) is 3.71. The summed E-state index contributed by atoms with van der Waals surface area (Å²) < 4.78 is 5.98. The molecule has 0 amide bonds. The highest BCUT2D eigenvalue weighted by Crippen LogP contribution is 2.40. The van der Waals surface area contributed by atoms with E-state index in [0.717, 1.165) is 0 Å². The molecule has 4 N–H and O–H groups in total. The van der Waals surface area contributed by atoms with E-state index in [1.165, 1.54) is 24.3 Å². The van der Waals surface area contributed by atoms with Gasteiger partial charge in [-0.15, -0.1) is 0 Å². The van der Waals surface area contributed by atoms with Gasteiger partial charge in [-0.2, -0.15) is 0 Å². The van der Waals surface area contributed by atoms with Crippen LogP contribution in [0.25, 0.3) is 44.2 Å². The van der Waals surface area contributed by atoms with Crippen molar-refractivity contribution in [3.63, 3.8) is 0 Å². The predicted molar refractivity (Wildman–Crippen MR) is 118 cm³/mol. The van der Waals surface area contributed by atoms with Crippen LogP contribution in [0.3, 0.4) is 0 Å². The maximum Gasteiger partial charge on any atom is 0.200 e. The number of phenolic OH excluding ortho intramolecular Hbond substituents is 4. The van der Waals surface area contributed by atoms with Crippen LogP contribution in [-0.4, -0.2) is 20.4 Å². The van der Waals surface area contributed by atoms with Crippen LogP contribution in [0.4, 0.5) is 0 Å². The van der Waals surface area contributed by atoms with Gasteiger partial charge in [0, 0.05) is 0 Å². The SMILES string of the molecule is O=c1c2ccccc2oc2cc(-c3ccc(O)c(O)c3)c(-c3ccc(O)c(O)c3)cc12. The number of hydrogen-bond acceptors (Lipinski definition) is 6. The van der Waals surface area contributed by atoms with Gasteiger partial charge in [0.2, 0.25) is 5.43 Å². The highest BCUT2D eigenvalue weighted by Gasteiger charge is 2.16. The zero-order chi connectivity index (χ0) is 21.7. The summed E-state index contributed by atoms with van der Waals surface area (Å²) in [7, 11) is 0. The van der Waals surface area contributed by atoms with Gasteiger partial charge < -0.3 is 24.8 Å². The molecule has 0 aliphatic heterocycles. The van der Waals surface area contributed by atoms with Crippen molar-refractivity contribution < 1.29 is 24.8 Å². The van der Waals surface area contributed by atoms with Crippen LogP contribution < -0.4 is 5.43 Å². The molecule has 6 nitrogen and oxygen atoms in total. The molecule has 0 bridgehead atoms. The largest absolute Gasteiger partial charge is 0.504 e. The van der Waals surface area contributed by atoms with E-state index >= 15 is 0 Å². The van der Waals surface area contributed by atoms with E-state index in [1.54, 1.807) is 48.5 Å². The van der Waals surface area contributed by atoms with E-state index in [4.69, 9.17) is 4.42 Å². The van der Waals surface area contributed by atoms with Crippen LogP contribution in [0.2, 0.25) is 0 Å². The maximum absolute atomic E-state index is 13.1. The first-order valence-corrected chi connectivity index (χ1v) is 9.46. The Morgan fingerprint density at radius 2 is 1.13 bits per heavy atom. The Hall–Kier alpha value is -4.45. The van der Waals surface area contributed by atoms with Gasteiger partial charge in [-0.3, -0.25) is 4.79 Å². The Kier molecular flexibility index (Phi) is 4.08. The molecule has 0 aliphatic rings. The second kappa shape index (κ2) is 6.81. The van der Waals surface area contributed by atoms with Crippen LogP contribution in [-0.2, 0) is 0 Å². The number of fused-ring (bicyclic) bond motifs is 2. The van der Waals surface area contributed by atoms with Crippen LogP contribution in [0.15, 0.2) is 82.0 Å². The first kappa shape index (κ1) is 18.6. The van der Waals surface area contributed by atoms with Gasteiger partial charge in [-0.05, 0) is 70.8 Å². The Balaban J connectivity index is 1.89. The second-order valence-corrected chi connectivity index (χ2v) is 7.23. The minimum absolute atomic E-state index is 0.193. The quantitative estimate of drug-likeness (QED) is 0.237. The summed E-state index contributed by atoms with van der Waals surface area (Å²) in [5, 5.41) is 40.2. The molecule has 5 aromatic rings. The van der Waals surface area contributed by atoms with Gasteiger partial charge in [0.25, 0.3) is 0 Å². The van der Waals surface area contributed by atoms with E-state index in [1.807, 2.05) is 0 Å². The molecule has 4 aromatic carbocycles. The number of rotatable bonds is 2. The number of benzene rings is 4. The van der Waals surface area contributed by atoms with E-state index in [0.29, 0.717) is 44.2 Å². The smallest absolute Gasteiger partial charge is 0.200 e. The lowest BCUT2D eigenvalue weighted by atomic mass is 9.92. The Bertz CT molecular complexity index is 1550.